The molecule has 0 aliphatic heterocycles. The number of aromatic nitrogens is 4. The number of aryl methyl sites for hydroxylation is 2. The summed E-state index contributed by atoms with van der Waals surface area (Å²) >= 11 is 0. The van der Waals surface area contributed by atoms with Crippen molar-refractivity contribution >= 4 is 22.3 Å². The number of hydrogen-bond acceptors (Lipinski definition) is 4. The number of hydrogen-bond donors (Lipinski definition) is 0. The van der Waals surface area contributed by atoms with E-state index in [4.69, 9.17) is 19.7 Å². The molecule has 0 fully saturated rings. The van der Waals surface area contributed by atoms with Gasteiger partial charge in [0.1, 0.15) is 5.82 Å². The Labute approximate surface area is 146 Å². The van der Waals surface area contributed by atoms with E-state index < -0.39 is 0 Å². The van der Waals surface area contributed by atoms with Gasteiger partial charge in [-0.2, -0.15) is 0 Å². The number of imidazole rings is 1. The van der Waals surface area contributed by atoms with Gasteiger partial charge in [0, 0.05) is 25.8 Å². The van der Waals surface area contributed by atoms with Crippen LogP contribution >= 0.6 is 0 Å². The van der Waals surface area contributed by atoms with Crippen molar-refractivity contribution in [3.8, 4) is 11.4 Å². The fourth-order valence-electron chi connectivity index (χ4n) is 3.11. The molecular formula is C20H20N4O. The summed E-state index contributed by atoms with van der Waals surface area (Å²) in [5, 5.41) is 0. The highest BCUT2D eigenvalue weighted by Crippen LogP contribution is 2.27. The Hall–Kier alpha value is -2.79. The molecule has 25 heavy (non-hydrogen) atoms. The molecule has 0 unspecified atom stereocenters. The van der Waals surface area contributed by atoms with Gasteiger partial charge in [-0.25, -0.2) is 15.0 Å². The lowest BCUT2D eigenvalue weighted by Gasteiger charge is -2.10. The summed E-state index contributed by atoms with van der Waals surface area (Å²) in [5.74, 6) is 0.916. The standard InChI is InChI=1S/C20H20N4O/c1-14-8-3-4-9-15(14)19-23-18-20(24(19)12-7-13-25-2)22-17-11-6-5-10-16(17)21-18/h3-6,8-11H,7,12-13H2,1-2H3. The van der Waals surface area contributed by atoms with Crippen molar-refractivity contribution in [1.82, 2.24) is 19.5 Å². The van der Waals surface area contributed by atoms with Gasteiger partial charge in [0.25, 0.3) is 0 Å². The minimum atomic E-state index is 0.689. The first-order chi connectivity index (χ1) is 12.3. The van der Waals surface area contributed by atoms with Crippen molar-refractivity contribution in [2.75, 3.05) is 13.7 Å². The van der Waals surface area contributed by atoms with Gasteiger partial charge < -0.3 is 9.30 Å². The molecule has 0 bridgehead atoms. The molecule has 0 radical (unpaired) electrons. The molecule has 0 aliphatic carbocycles. The molecule has 0 atom stereocenters. The van der Waals surface area contributed by atoms with Gasteiger partial charge >= 0.3 is 0 Å². The van der Waals surface area contributed by atoms with Crippen LogP contribution in [0.3, 0.4) is 0 Å². The van der Waals surface area contributed by atoms with E-state index in [1.165, 1.54) is 5.56 Å². The maximum atomic E-state index is 5.22. The highest BCUT2D eigenvalue weighted by molar-refractivity contribution is 5.85. The molecule has 4 aromatic rings. The van der Waals surface area contributed by atoms with E-state index in [1.54, 1.807) is 7.11 Å². The van der Waals surface area contributed by atoms with Crippen LogP contribution in [0.25, 0.3) is 33.7 Å². The Morgan fingerprint density at radius 2 is 1.64 bits per heavy atom. The number of nitrogens with zero attached hydrogens (tertiary/aromatic N) is 4. The lowest BCUT2D eigenvalue weighted by molar-refractivity contribution is 0.191. The third-order valence-electron chi connectivity index (χ3n) is 4.37. The quantitative estimate of drug-likeness (QED) is 0.519. The summed E-state index contributed by atoms with van der Waals surface area (Å²) in [6.07, 6.45) is 0.898. The second-order valence-electron chi connectivity index (χ2n) is 6.11. The van der Waals surface area contributed by atoms with Gasteiger partial charge in [-0.15, -0.1) is 0 Å². The fraction of sp³-hybridized carbons (Fsp3) is 0.250. The van der Waals surface area contributed by atoms with Crippen molar-refractivity contribution < 1.29 is 4.74 Å². The summed E-state index contributed by atoms with van der Waals surface area (Å²) in [4.78, 5) is 14.4. The van der Waals surface area contributed by atoms with E-state index in [9.17, 15) is 0 Å². The average Bonchev–Trinajstić information content (AvgIpc) is 2.98. The molecule has 126 valence electrons. The Balaban J connectivity index is 1.95. The molecule has 0 spiro atoms. The largest absolute Gasteiger partial charge is 0.385 e. The molecule has 0 N–H and O–H groups in total. The van der Waals surface area contributed by atoms with E-state index in [0.29, 0.717) is 12.3 Å². The van der Waals surface area contributed by atoms with Crippen LogP contribution in [0.15, 0.2) is 48.5 Å². The number of rotatable bonds is 5. The summed E-state index contributed by atoms with van der Waals surface area (Å²) in [5.41, 5.74) is 5.58. The van der Waals surface area contributed by atoms with Crippen LogP contribution in [0.5, 0.6) is 0 Å². The molecule has 2 aromatic carbocycles. The Morgan fingerprint density at radius 3 is 2.40 bits per heavy atom. The SMILES string of the molecule is COCCCn1c(-c2ccccc2C)nc2nc3ccccc3nc21. The maximum Gasteiger partial charge on any atom is 0.198 e. The van der Waals surface area contributed by atoms with E-state index in [-0.39, 0.29) is 0 Å². The van der Waals surface area contributed by atoms with Crippen molar-refractivity contribution in [3.63, 3.8) is 0 Å². The molecular weight excluding hydrogens is 312 g/mol. The van der Waals surface area contributed by atoms with E-state index >= 15 is 0 Å². The first-order valence-corrected chi connectivity index (χ1v) is 8.46. The van der Waals surface area contributed by atoms with Gasteiger partial charge in [-0.1, -0.05) is 36.4 Å². The first-order valence-electron chi connectivity index (χ1n) is 8.46. The third-order valence-corrected chi connectivity index (χ3v) is 4.37. The van der Waals surface area contributed by atoms with E-state index in [1.807, 2.05) is 36.4 Å². The van der Waals surface area contributed by atoms with Gasteiger partial charge in [-0.3, -0.25) is 0 Å². The van der Waals surface area contributed by atoms with Crippen molar-refractivity contribution in [2.45, 2.75) is 19.9 Å². The van der Waals surface area contributed by atoms with Crippen LogP contribution in [-0.2, 0) is 11.3 Å². The topological polar surface area (TPSA) is 52.8 Å². The predicted molar refractivity (Wildman–Crippen MR) is 99.5 cm³/mol. The monoisotopic (exact) mass is 332 g/mol. The molecule has 2 heterocycles. The molecule has 0 saturated carbocycles. The smallest absolute Gasteiger partial charge is 0.198 e. The number of ether oxygens (including phenoxy) is 1. The van der Waals surface area contributed by atoms with Crippen LogP contribution in [0, 0.1) is 6.92 Å². The number of fused-ring (bicyclic) bond motifs is 2. The lowest BCUT2D eigenvalue weighted by atomic mass is 10.1. The van der Waals surface area contributed by atoms with Gasteiger partial charge in [-0.05, 0) is 31.0 Å². The average molecular weight is 332 g/mol. The Kier molecular flexibility index (Phi) is 4.15. The van der Waals surface area contributed by atoms with Crippen LogP contribution < -0.4 is 0 Å². The van der Waals surface area contributed by atoms with E-state index in [2.05, 4.69) is 23.6 Å². The number of para-hydroxylation sites is 2. The van der Waals surface area contributed by atoms with Gasteiger partial charge in [0.15, 0.2) is 11.3 Å². The summed E-state index contributed by atoms with van der Waals surface area (Å²) < 4.78 is 7.38. The summed E-state index contributed by atoms with van der Waals surface area (Å²) in [6.45, 7) is 3.60. The second kappa shape index (κ2) is 6.61. The molecule has 0 aliphatic rings. The van der Waals surface area contributed by atoms with Gasteiger partial charge in [0.2, 0.25) is 0 Å². The zero-order valence-electron chi connectivity index (χ0n) is 14.4. The Bertz CT molecular complexity index is 1040. The lowest BCUT2D eigenvalue weighted by Crippen LogP contribution is -2.05. The zero-order valence-corrected chi connectivity index (χ0v) is 14.4. The summed E-state index contributed by atoms with van der Waals surface area (Å²) in [6, 6.07) is 16.2. The highest BCUT2D eigenvalue weighted by atomic mass is 16.5. The number of methoxy groups -OCH3 is 1. The first kappa shape index (κ1) is 15.7. The second-order valence-corrected chi connectivity index (χ2v) is 6.11. The molecule has 4 rings (SSSR count). The molecule has 0 saturated heterocycles. The minimum absolute atomic E-state index is 0.689. The van der Waals surface area contributed by atoms with E-state index in [0.717, 1.165) is 41.0 Å². The predicted octanol–water partition coefficient (Wildman–Crippen LogP) is 3.99. The normalized spacial score (nSPS) is 11.4. The van der Waals surface area contributed by atoms with Crippen LogP contribution in [0.2, 0.25) is 0 Å². The van der Waals surface area contributed by atoms with Crippen LogP contribution in [-0.4, -0.2) is 33.2 Å². The molecule has 2 aromatic heterocycles. The van der Waals surface area contributed by atoms with Gasteiger partial charge in [0.05, 0.1) is 11.0 Å². The van der Waals surface area contributed by atoms with Crippen molar-refractivity contribution in [3.05, 3.63) is 54.1 Å². The minimum Gasteiger partial charge on any atom is -0.385 e. The highest BCUT2D eigenvalue weighted by Gasteiger charge is 2.16. The fourth-order valence-corrected chi connectivity index (χ4v) is 3.11. The van der Waals surface area contributed by atoms with Crippen LogP contribution in [0.1, 0.15) is 12.0 Å². The summed E-state index contributed by atoms with van der Waals surface area (Å²) in [7, 11) is 1.72. The molecule has 5 heteroatoms. The molecule has 5 nitrogen and oxygen atoms in total. The third kappa shape index (κ3) is 2.87. The van der Waals surface area contributed by atoms with Crippen molar-refractivity contribution in [1.29, 1.82) is 0 Å². The zero-order chi connectivity index (χ0) is 17.2. The maximum absolute atomic E-state index is 5.22. The van der Waals surface area contributed by atoms with Crippen molar-refractivity contribution in [2.24, 2.45) is 0 Å². The van der Waals surface area contributed by atoms with Crippen LogP contribution in [0.4, 0.5) is 0 Å². The Morgan fingerprint density at radius 1 is 0.920 bits per heavy atom. The molecule has 0 amide bonds. The number of benzene rings is 2.